The lowest BCUT2D eigenvalue weighted by atomic mass is 9.43. The van der Waals surface area contributed by atoms with Gasteiger partial charge in [0.25, 0.3) is 0 Å². The zero-order valence-corrected chi connectivity index (χ0v) is 14.6. The number of ketones is 1. The molecule has 1 heteroatoms. The zero-order valence-electron chi connectivity index (χ0n) is 14.6. The molecule has 0 saturated heterocycles. The van der Waals surface area contributed by atoms with Crippen molar-refractivity contribution in [1.29, 1.82) is 0 Å². The molecule has 4 rings (SSSR count). The van der Waals surface area contributed by atoms with Gasteiger partial charge in [-0.3, -0.25) is 4.79 Å². The normalized spacial score (nSPS) is 62.5. The summed E-state index contributed by atoms with van der Waals surface area (Å²) in [5, 5.41) is 0. The molecule has 118 valence electrons. The number of carbonyl (C=O) groups is 1. The second-order valence-corrected chi connectivity index (χ2v) is 9.98. The van der Waals surface area contributed by atoms with Gasteiger partial charge >= 0.3 is 0 Å². The van der Waals surface area contributed by atoms with Gasteiger partial charge in [0.1, 0.15) is 5.78 Å². The third-order valence-electron chi connectivity index (χ3n) is 9.49. The summed E-state index contributed by atoms with van der Waals surface area (Å²) in [6.45, 7) is 12.4. The summed E-state index contributed by atoms with van der Waals surface area (Å²) < 4.78 is 0. The van der Waals surface area contributed by atoms with E-state index in [0.717, 1.165) is 18.3 Å². The number of rotatable bonds is 0. The van der Waals surface area contributed by atoms with Crippen LogP contribution >= 0.6 is 0 Å². The van der Waals surface area contributed by atoms with E-state index in [1.165, 1.54) is 38.5 Å². The van der Waals surface area contributed by atoms with E-state index in [1.807, 2.05) is 0 Å². The maximum Gasteiger partial charge on any atom is 0.137 e. The van der Waals surface area contributed by atoms with Crippen LogP contribution in [0, 0.1) is 39.4 Å². The summed E-state index contributed by atoms with van der Waals surface area (Å²) >= 11 is 0. The van der Waals surface area contributed by atoms with E-state index in [9.17, 15) is 4.79 Å². The summed E-state index contributed by atoms with van der Waals surface area (Å²) in [6.07, 6.45) is 8.81. The molecule has 4 fully saturated rings. The molecule has 0 aliphatic heterocycles. The van der Waals surface area contributed by atoms with Gasteiger partial charge < -0.3 is 0 Å². The number of fused-ring (bicyclic) bond motifs is 2. The van der Waals surface area contributed by atoms with Crippen LogP contribution in [0.25, 0.3) is 0 Å². The Morgan fingerprint density at radius 2 is 1.67 bits per heavy atom. The van der Waals surface area contributed by atoms with Crippen molar-refractivity contribution >= 4 is 5.78 Å². The molecule has 1 nitrogen and oxygen atoms in total. The van der Waals surface area contributed by atoms with Crippen LogP contribution in [0.15, 0.2) is 0 Å². The Hall–Kier alpha value is -0.330. The lowest BCUT2D eigenvalue weighted by molar-refractivity contribution is -0.151. The lowest BCUT2D eigenvalue weighted by Crippen LogP contribution is -2.56. The zero-order chi connectivity index (χ0) is 15.3. The Bertz CT molecular complexity index is 510. The van der Waals surface area contributed by atoms with Gasteiger partial charge in [0, 0.05) is 12.3 Å². The average molecular weight is 288 g/mol. The molecule has 0 heterocycles. The predicted octanol–water partition coefficient (Wildman–Crippen LogP) is 5.23. The maximum atomic E-state index is 13.2. The summed E-state index contributed by atoms with van der Waals surface area (Å²) in [5.41, 5.74) is 1.32. The van der Waals surface area contributed by atoms with Gasteiger partial charge in [-0.15, -0.1) is 0 Å². The van der Waals surface area contributed by atoms with Gasteiger partial charge in [-0.1, -0.05) is 41.0 Å². The Morgan fingerprint density at radius 1 is 0.952 bits per heavy atom. The molecule has 0 aromatic carbocycles. The highest BCUT2D eigenvalue weighted by atomic mass is 16.1. The Balaban J connectivity index is 1.91. The molecule has 0 aromatic heterocycles. The van der Waals surface area contributed by atoms with Gasteiger partial charge in [0.15, 0.2) is 0 Å². The van der Waals surface area contributed by atoms with Crippen LogP contribution in [-0.4, -0.2) is 5.78 Å². The first-order valence-corrected chi connectivity index (χ1v) is 9.23. The van der Waals surface area contributed by atoms with E-state index in [-0.39, 0.29) is 5.41 Å². The van der Waals surface area contributed by atoms with E-state index in [4.69, 9.17) is 0 Å². The van der Waals surface area contributed by atoms with Crippen LogP contribution < -0.4 is 0 Å². The smallest absolute Gasteiger partial charge is 0.137 e. The van der Waals surface area contributed by atoms with Crippen LogP contribution in [0.5, 0.6) is 0 Å². The summed E-state index contributed by atoms with van der Waals surface area (Å²) in [6, 6.07) is 0. The predicted molar refractivity (Wildman–Crippen MR) is 85.9 cm³/mol. The SMILES string of the molecule is C[C@@H]1C[C@@]2(C)CC(=O)[C@H]3[C@@]2(CC[C@]2(C)CCC[C@]32C)[C@@H]1C. The van der Waals surface area contributed by atoms with Crippen molar-refractivity contribution in [2.45, 2.75) is 79.6 Å². The van der Waals surface area contributed by atoms with Gasteiger partial charge in [0.2, 0.25) is 0 Å². The summed E-state index contributed by atoms with van der Waals surface area (Å²) in [4.78, 5) is 13.2. The van der Waals surface area contributed by atoms with Crippen molar-refractivity contribution in [1.82, 2.24) is 0 Å². The van der Waals surface area contributed by atoms with E-state index in [0.29, 0.717) is 27.9 Å². The summed E-state index contributed by atoms with van der Waals surface area (Å²) in [7, 11) is 0. The molecule has 1 spiro atoms. The maximum absolute atomic E-state index is 13.2. The van der Waals surface area contributed by atoms with Gasteiger partial charge in [-0.2, -0.15) is 0 Å². The highest BCUT2D eigenvalue weighted by Crippen LogP contribution is 2.79. The molecular formula is C20H32O. The van der Waals surface area contributed by atoms with Crippen molar-refractivity contribution in [3.8, 4) is 0 Å². The number of carbonyl (C=O) groups excluding carboxylic acids is 1. The van der Waals surface area contributed by atoms with Gasteiger partial charge in [-0.05, 0) is 65.6 Å². The number of hydrogen-bond acceptors (Lipinski definition) is 1. The number of hydrogen-bond donors (Lipinski definition) is 0. The first-order valence-electron chi connectivity index (χ1n) is 9.23. The molecule has 4 aliphatic rings. The van der Waals surface area contributed by atoms with E-state index >= 15 is 0 Å². The van der Waals surface area contributed by atoms with Crippen molar-refractivity contribution < 1.29 is 4.79 Å². The van der Waals surface area contributed by atoms with E-state index in [2.05, 4.69) is 34.6 Å². The van der Waals surface area contributed by atoms with Crippen LogP contribution in [-0.2, 0) is 4.79 Å². The minimum absolute atomic E-state index is 0.276. The highest BCUT2D eigenvalue weighted by Gasteiger charge is 2.75. The van der Waals surface area contributed by atoms with Crippen molar-refractivity contribution in [3.63, 3.8) is 0 Å². The molecule has 0 amide bonds. The van der Waals surface area contributed by atoms with E-state index in [1.54, 1.807) is 0 Å². The molecule has 0 unspecified atom stereocenters. The largest absolute Gasteiger partial charge is 0.299 e. The molecule has 4 aliphatic carbocycles. The first kappa shape index (κ1) is 14.3. The topological polar surface area (TPSA) is 17.1 Å². The van der Waals surface area contributed by atoms with Crippen LogP contribution in [0.4, 0.5) is 0 Å². The monoisotopic (exact) mass is 288 g/mol. The molecular weight excluding hydrogens is 256 g/mol. The fraction of sp³-hybridized carbons (Fsp3) is 0.950. The molecule has 21 heavy (non-hydrogen) atoms. The first-order chi connectivity index (χ1) is 9.70. The fourth-order valence-corrected chi connectivity index (χ4v) is 8.17. The highest BCUT2D eigenvalue weighted by molar-refractivity contribution is 5.87. The Morgan fingerprint density at radius 3 is 2.38 bits per heavy atom. The molecule has 0 bridgehead atoms. The number of Topliss-reactive ketones (excluding diaryl/α,β-unsaturated/α-hetero) is 1. The van der Waals surface area contributed by atoms with Crippen LogP contribution in [0.2, 0.25) is 0 Å². The molecule has 0 radical (unpaired) electrons. The average Bonchev–Trinajstić information content (AvgIpc) is 2.87. The Kier molecular flexibility index (Phi) is 2.56. The quantitative estimate of drug-likeness (QED) is 0.596. The lowest BCUT2D eigenvalue weighted by Gasteiger charge is -2.60. The summed E-state index contributed by atoms with van der Waals surface area (Å²) in [5.74, 6) is 2.50. The van der Waals surface area contributed by atoms with Crippen LogP contribution in [0.1, 0.15) is 79.6 Å². The minimum atomic E-state index is 0.276. The fourth-order valence-electron chi connectivity index (χ4n) is 8.17. The van der Waals surface area contributed by atoms with Crippen molar-refractivity contribution in [2.75, 3.05) is 0 Å². The molecule has 0 N–H and O–H groups in total. The standard InChI is InChI=1S/C20H32O/c1-13-11-18(4)12-15(21)16-19(5)8-6-7-17(19,3)9-10-20(16,18)14(13)2/h13-14,16H,6-12H2,1-5H3/t13-,14-,16-,17+,18+,19-,20-/m1/s1. The molecule has 0 aromatic rings. The van der Waals surface area contributed by atoms with Crippen LogP contribution in [0.3, 0.4) is 0 Å². The minimum Gasteiger partial charge on any atom is -0.299 e. The van der Waals surface area contributed by atoms with Gasteiger partial charge in [0.05, 0.1) is 0 Å². The molecule has 7 atom stereocenters. The van der Waals surface area contributed by atoms with Crippen molar-refractivity contribution in [2.24, 2.45) is 39.4 Å². The molecule has 4 saturated carbocycles. The third kappa shape index (κ3) is 1.30. The third-order valence-corrected chi connectivity index (χ3v) is 9.49. The Labute approximate surface area is 130 Å². The van der Waals surface area contributed by atoms with Crippen molar-refractivity contribution in [3.05, 3.63) is 0 Å². The van der Waals surface area contributed by atoms with E-state index < -0.39 is 0 Å². The second-order valence-electron chi connectivity index (χ2n) is 9.98. The second kappa shape index (κ2) is 3.77. The van der Waals surface area contributed by atoms with Gasteiger partial charge in [-0.25, -0.2) is 0 Å².